The van der Waals surface area contributed by atoms with Crippen LogP contribution in [0.2, 0.25) is 0 Å². The smallest absolute Gasteiger partial charge is 0.264 e. The van der Waals surface area contributed by atoms with Gasteiger partial charge < -0.3 is 4.57 Å². The van der Waals surface area contributed by atoms with Gasteiger partial charge in [-0.05, 0) is 37.1 Å². The Bertz CT molecular complexity index is 1410. The van der Waals surface area contributed by atoms with E-state index in [2.05, 4.69) is 0 Å². The van der Waals surface area contributed by atoms with Crippen LogP contribution in [0.25, 0.3) is 0 Å². The Labute approximate surface area is 201 Å². The molecule has 0 aromatic heterocycles. The molecule has 1 aliphatic heterocycles. The van der Waals surface area contributed by atoms with Gasteiger partial charge in [0.15, 0.2) is 0 Å². The zero-order valence-electron chi connectivity index (χ0n) is 18.9. The molecule has 0 saturated heterocycles. The van der Waals surface area contributed by atoms with Crippen molar-refractivity contribution in [1.29, 1.82) is 0 Å². The second-order valence-electron chi connectivity index (χ2n) is 8.69. The van der Waals surface area contributed by atoms with Crippen molar-refractivity contribution in [2.45, 2.75) is 24.3 Å². The lowest BCUT2D eigenvalue weighted by molar-refractivity contribution is 0.575. The van der Waals surface area contributed by atoms with Gasteiger partial charge in [-0.1, -0.05) is 96.6 Å². The topological polar surface area (TPSA) is 54.5 Å². The fourth-order valence-corrected chi connectivity index (χ4v) is 9.42. The first-order valence-electron chi connectivity index (χ1n) is 11.3. The summed E-state index contributed by atoms with van der Waals surface area (Å²) in [6.45, 7) is 1.93. The summed E-state index contributed by atoms with van der Waals surface area (Å²) in [6, 6.07) is 32.9. The molecule has 34 heavy (non-hydrogen) atoms. The second-order valence-corrected chi connectivity index (χ2v) is 13.4. The molecular weight excluding hydrogens is 461 g/mol. The predicted molar refractivity (Wildman–Crippen MR) is 139 cm³/mol. The average molecular weight is 488 g/mol. The van der Waals surface area contributed by atoms with Crippen LogP contribution in [-0.2, 0) is 21.0 Å². The van der Waals surface area contributed by atoms with Crippen LogP contribution >= 0.6 is 7.14 Å². The molecule has 6 heteroatoms. The molecule has 1 aliphatic rings. The van der Waals surface area contributed by atoms with Gasteiger partial charge in [-0.2, -0.15) is 0 Å². The van der Waals surface area contributed by atoms with E-state index < -0.39 is 23.2 Å². The van der Waals surface area contributed by atoms with Crippen molar-refractivity contribution in [2.24, 2.45) is 0 Å². The van der Waals surface area contributed by atoms with Crippen LogP contribution in [0.3, 0.4) is 0 Å². The van der Waals surface area contributed by atoms with E-state index in [1.54, 1.807) is 12.1 Å². The average Bonchev–Trinajstić information content (AvgIpc) is 3.23. The van der Waals surface area contributed by atoms with E-state index in [1.807, 2.05) is 104 Å². The zero-order valence-corrected chi connectivity index (χ0v) is 20.6. The second kappa shape index (κ2) is 8.90. The van der Waals surface area contributed by atoms with Crippen molar-refractivity contribution in [3.05, 3.63) is 120 Å². The summed E-state index contributed by atoms with van der Waals surface area (Å²) < 4.78 is 44.1. The van der Waals surface area contributed by atoms with Gasteiger partial charge in [0.05, 0.1) is 16.6 Å². The molecule has 0 saturated carbocycles. The summed E-state index contributed by atoms with van der Waals surface area (Å²) in [5.41, 5.74) is 2.62. The summed E-state index contributed by atoms with van der Waals surface area (Å²) in [5.74, 6) is 0. The molecule has 5 rings (SSSR count). The van der Waals surface area contributed by atoms with Crippen molar-refractivity contribution in [3.8, 4) is 0 Å². The Kier molecular flexibility index (Phi) is 5.93. The maximum Gasteiger partial charge on any atom is 0.264 e. The number of nitrogens with zero attached hydrogens (tertiary/aromatic N) is 1. The van der Waals surface area contributed by atoms with Crippen molar-refractivity contribution >= 4 is 33.5 Å². The number of fused-ring (bicyclic) bond motifs is 1. The first kappa shape index (κ1) is 22.6. The van der Waals surface area contributed by atoms with Crippen molar-refractivity contribution in [2.75, 3.05) is 10.5 Å². The van der Waals surface area contributed by atoms with Crippen LogP contribution in [0.15, 0.2) is 114 Å². The van der Waals surface area contributed by atoms with Gasteiger partial charge in [0, 0.05) is 16.8 Å². The Morgan fingerprint density at radius 2 is 1.29 bits per heavy atom. The van der Waals surface area contributed by atoms with Crippen LogP contribution in [0.1, 0.15) is 11.1 Å². The van der Waals surface area contributed by atoms with Gasteiger partial charge in [0.2, 0.25) is 0 Å². The fourth-order valence-electron chi connectivity index (χ4n) is 4.71. The minimum atomic E-state index is -3.84. The SMILES string of the molecule is Cc1ccc(S(=O)(=O)N2c3ccccc3CC2CP(=O)(c2ccccc2)c2ccccc2)cc1. The molecule has 1 unspecified atom stereocenters. The van der Waals surface area contributed by atoms with Crippen LogP contribution in [-0.4, -0.2) is 20.6 Å². The summed E-state index contributed by atoms with van der Waals surface area (Å²) in [5, 5.41) is 1.48. The van der Waals surface area contributed by atoms with Gasteiger partial charge in [-0.3, -0.25) is 4.31 Å². The Balaban J connectivity index is 1.63. The summed E-state index contributed by atoms with van der Waals surface area (Å²) in [7, 11) is -6.96. The number of anilines is 1. The molecule has 1 heterocycles. The minimum Gasteiger partial charge on any atom is -0.314 e. The molecule has 4 aromatic carbocycles. The molecule has 0 bridgehead atoms. The van der Waals surface area contributed by atoms with Gasteiger partial charge in [0.1, 0.15) is 7.14 Å². The lowest BCUT2D eigenvalue weighted by Crippen LogP contribution is -2.41. The largest absolute Gasteiger partial charge is 0.314 e. The monoisotopic (exact) mass is 487 g/mol. The predicted octanol–water partition coefficient (Wildman–Crippen LogP) is 5.13. The maximum absolute atomic E-state index is 14.8. The standard InChI is InChI=1S/C28H26NO3PS/c1-22-16-18-27(19-17-22)34(31,32)29-24(20-23-10-8-9-15-28(23)29)21-33(30,25-11-4-2-5-12-25)26-13-6-3-7-14-26/h2-19,24H,20-21H2,1H3. The van der Waals surface area contributed by atoms with Crippen LogP contribution in [0.4, 0.5) is 5.69 Å². The first-order chi connectivity index (χ1) is 16.4. The highest BCUT2D eigenvalue weighted by Gasteiger charge is 2.42. The van der Waals surface area contributed by atoms with Crippen LogP contribution < -0.4 is 14.9 Å². The fraction of sp³-hybridized carbons (Fsp3) is 0.143. The Hall–Kier alpha value is -3.14. The van der Waals surface area contributed by atoms with E-state index in [0.29, 0.717) is 12.1 Å². The van der Waals surface area contributed by atoms with E-state index >= 15 is 0 Å². The highest BCUT2D eigenvalue weighted by molar-refractivity contribution is 7.93. The lowest BCUT2D eigenvalue weighted by atomic mass is 10.1. The van der Waals surface area contributed by atoms with Gasteiger partial charge in [-0.25, -0.2) is 8.42 Å². The van der Waals surface area contributed by atoms with E-state index in [1.165, 1.54) is 4.31 Å². The minimum absolute atomic E-state index is 0.223. The van der Waals surface area contributed by atoms with E-state index in [-0.39, 0.29) is 11.1 Å². The van der Waals surface area contributed by atoms with Crippen molar-refractivity contribution in [1.82, 2.24) is 0 Å². The van der Waals surface area contributed by atoms with Crippen molar-refractivity contribution in [3.63, 3.8) is 0 Å². The summed E-state index contributed by atoms with van der Waals surface area (Å²) in [4.78, 5) is 0.244. The number of rotatable bonds is 6. The number of hydrogen-bond donors (Lipinski definition) is 0. The molecule has 0 spiro atoms. The molecule has 4 nitrogen and oxygen atoms in total. The summed E-state index contributed by atoms with van der Waals surface area (Å²) in [6.07, 6.45) is 0.742. The number of hydrogen-bond acceptors (Lipinski definition) is 3. The molecule has 0 N–H and O–H groups in total. The quantitative estimate of drug-likeness (QED) is 0.355. The highest BCUT2D eigenvalue weighted by Crippen LogP contribution is 2.48. The third-order valence-corrected chi connectivity index (χ3v) is 11.5. The van der Waals surface area contributed by atoms with E-state index in [0.717, 1.165) is 21.7 Å². The number of benzene rings is 4. The number of para-hydroxylation sites is 1. The van der Waals surface area contributed by atoms with Crippen molar-refractivity contribution < 1.29 is 13.0 Å². The van der Waals surface area contributed by atoms with Crippen LogP contribution in [0.5, 0.6) is 0 Å². The molecule has 0 aliphatic carbocycles. The third kappa shape index (κ3) is 4.00. The molecule has 4 aromatic rings. The van der Waals surface area contributed by atoms with E-state index in [4.69, 9.17) is 0 Å². The van der Waals surface area contributed by atoms with Gasteiger partial charge >= 0.3 is 0 Å². The molecule has 1 atom stereocenters. The van der Waals surface area contributed by atoms with E-state index in [9.17, 15) is 13.0 Å². The Morgan fingerprint density at radius 3 is 1.88 bits per heavy atom. The molecule has 172 valence electrons. The molecule has 0 fully saturated rings. The first-order valence-corrected chi connectivity index (χ1v) is 14.6. The lowest BCUT2D eigenvalue weighted by Gasteiger charge is -2.30. The number of sulfonamides is 1. The number of aryl methyl sites for hydroxylation is 1. The van der Waals surface area contributed by atoms with Crippen LogP contribution in [0, 0.1) is 6.92 Å². The normalized spacial score (nSPS) is 15.8. The molecule has 0 radical (unpaired) electrons. The summed E-state index contributed by atoms with van der Waals surface area (Å²) >= 11 is 0. The Morgan fingerprint density at radius 1 is 0.765 bits per heavy atom. The maximum atomic E-state index is 14.8. The molecule has 0 amide bonds. The zero-order chi connectivity index (χ0) is 23.8. The highest BCUT2D eigenvalue weighted by atomic mass is 32.2. The van der Waals surface area contributed by atoms with Gasteiger partial charge in [-0.15, -0.1) is 0 Å². The third-order valence-electron chi connectivity index (χ3n) is 6.41. The molecular formula is C28H26NO3PS. The van der Waals surface area contributed by atoms with Gasteiger partial charge in [0.25, 0.3) is 10.0 Å².